The average molecular weight is 1240 g/mol. The number of fused-ring (bicyclic) bond motifs is 16. The van der Waals surface area contributed by atoms with Crippen molar-refractivity contribution in [3.05, 3.63) is 163 Å². The number of aryl methyl sites for hydroxylation is 6. The molecule has 10 heterocycles. The number of carboxylic acid groups (broad SMARTS) is 3. The number of aliphatic carboxylic acids is 1. The van der Waals surface area contributed by atoms with Gasteiger partial charge in [-0.1, -0.05) is 53.0 Å². The molecule has 6 aromatic heterocycles. The lowest BCUT2D eigenvalue weighted by molar-refractivity contribution is -0.141. The fourth-order valence-corrected chi connectivity index (χ4v) is 13.3. The van der Waals surface area contributed by atoms with Crippen molar-refractivity contribution in [2.75, 3.05) is 21.3 Å². The second kappa shape index (κ2) is 26.6. The number of ether oxygens (including phenoxy) is 3. The van der Waals surface area contributed by atoms with Crippen LogP contribution in [0.15, 0.2) is 61.7 Å². The molecule has 0 fully saturated rings. The Balaban J connectivity index is 0.000000215. The first kappa shape index (κ1) is 65.5. The zero-order valence-electron chi connectivity index (χ0n) is 53.8. The molecule has 6 aromatic rings. The van der Waals surface area contributed by atoms with Crippen molar-refractivity contribution in [2.24, 2.45) is 0 Å². The van der Waals surface area contributed by atoms with E-state index in [0.29, 0.717) is 68.2 Å². The lowest BCUT2D eigenvalue weighted by Crippen LogP contribution is -2.13. The zero-order valence-corrected chi connectivity index (χ0v) is 53.8. The average Bonchev–Trinajstić information content (AvgIpc) is 1.62. The van der Waals surface area contributed by atoms with Gasteiger partial charge in [-0.05, 0) is 148 Å². The molecule has 10 rings (SSSR count). The number of aromatic carboxylic acids is 2. The number of carbonyl (C=O) groups is 6. The number of esters is 3. The van der Waals surface area contributed by atoms with E-state index in [0.717, 1.165) is 96.5 Å². The predicted octanol–water partition coefficient (Wildman–Crippen LogP) is 13.6. The minimum atomic E-state index is -1.16. The van der Waals surface area contributed by atoms with Gasteiger partial charge in [0.15, 0.2) is 0 Å². The van der Waals surface area contributed by atoms with Crippen LogP contribution in [0.3, 0.4) is 0 Å². The summed E-state index contributed by atoms with van der Waals surface area (Å²) < 4.78 is 15.1. The number of rotatable bonds is 16. The number of hydrogen-bond acceptors (Lipinski definition) is 13. The number of carbonyl (C=O) groups excluding carboxylic acids is 3. The predicted molar refractivity (Wildman–Crippen MR) is 351 cm³/mol. The van der Waals surface area contributed by atoms with Crippen LogP contribution in [0.5, 0.6) is 0 Å². The van der Waals surface area contributed by atoms with Crippen molar-refractivity contribution in [3.8, 4) is 0 Å². The van der Waals surface area contributed by atoms with Crippen LogP contribution < -0.4 is 0 Å². The lowest BCUT2D eigenvalue weighted by atomic mass is 9.85. The molecule has 16 bridgehead atoms. The highest BCUT2D eigenvalue weighted by molar-refractivity contribution is 6.04. The number of allylic oxidation sites excluding steroid dienone is 6. The molecule has 474 valence electrons. The molecule has 7 N–H and O–H groups in total. The van der Waals surface area contributed by atoms with Gasteiger partial charge in [-0.3, -0.25) is 29.1 Å². The molecule has 4 aliphatic rings. The van der Waals surface area contributed by atoms with Gasteiger partial charge >= 0.3 is 35.8 Å². The Morgan fingerprint density at radius 2 is 0.857 bits per heavy atom. The Morgan fingerprint density at radius 1 is 0.484 bits per heavy atom. The summed E-state index contributed by atoms with van der Waals surface area (Å²) in [5.74, 6) is -5.88. The summed E-state index contributed by atoms with van der Waals surface area (Å²) in [6, 6.07) is 11.7. The molecule has 20 nitrogen and oxygen atoms in total. The third kappa shape index (κ3) is 12.4. The van der Waals surface area contributed by atoms with Crippen LogP contribution in [-0.2, 0) is 59.1 Å². The van der Waals surface area contributed by atoms with E-state index < -0.39 is 35.8 Å². The summed E-state index contributed by atoms with van der Waals surface area (Å²) in [6.45, 7) is 27.8. The smallest absolute Gasteiger partial charge is 0.338 e. The van der Waals surface area contributed by atoms with E-state index in [9.17, 15) is 44.1 Å². The number of H-pyrrole nitrogens is 4. The minimum absolute atomic E-state index is 0.0238. The first-order valence-corrected chi connectivity index (χ1v) is 30.4. The van der Waals surface area contributed by atoms with E-state index in [-0.39, 0.29) is 78.0 Å². The molecule has 20 heteroatoms. The normalized spacial score (nSPS) is 16.1. The van der Waals surface area contributed by atoms with Gasteiger partial charge < -0.3 is 49.5 Å². The number of aromatic nitrogens is 8. The van der Waals surface area contributed by atoms with Crippen LogP contribution in [0.4, 0.5) is 0 Å². The van der Waals surface area contributed by atoms with Crippen molar-refractivity contribution < 1.29 is 58.3 Å². The highest BCUT2D eigenvalue weighted by Crippen LogP contribution is 2.46. The number of hydrogen-bond donors (Lipinski definition) is 7. The van der Waals surface area contributed by atoms with Crippen LogP contribution in [0, 0.1) is 27.7 Å². The van der Waals surface area contributed by atoms with E-state index in [2.05, 4.69) is 53.9 Å². The Labute approximate surface area is 526 Å². The third-order valence-corrected chi connectivity index (χ3v) is 18.6. The maximum Gasteiger partial charge on any atom is 0.338 e. The third-order valence-electron chi connectivity index (χ3n) is 18.6. The molecule has 4 aliphatic heterocycles. The molecular formula is C71H78N8O12. The number of aromatic amines is 4. The highest BCUT2D eigenvalue weighted by atomic mass is 16.5. The molecule has 91 heavy (non-hydrogen) atoms. The summed E-state index contributed by atoms with van der Waals surface area (Å²) in [5.41, 5.74) is 20.3. The fraction of sp³-hybridized carbons (Fsp3) is 0.352. The standard InChI is InChI=1S/C36H40N4O6.C35H38N4O6/c1-9-21-17(3)25-14-27-19(5)23(11-12-31(41)45-7)34(39-27)24(13-32(42)46-8)35-33(36(43)44)20(6)28(40-35)16-30-22(10-2)18(4)26(38-30)15-29(21)37-25;1-8-20-16(3)24-13-26-18(5)22(10-11-30(40)41)33(38-26)23(12-31(42)45-7)34-32(35(43)44)19(6)27(39-34)15-29-21(9-2)17(4)25(37-29)14-28(20)36-24/h9,14-16,19,23,38,40H,1,10-13H2,2-8H3,(H,43,44);8,13-15,18,22,37,39H,1,9-12H2,2-7H3,(H,40,41)(H,43,44)/t19-,23-;18-,22-/m00/s1. The second-order valence-electron chi connectivity index (χ2n) is 23.5. The van der Waals surface area contributed by atoms with Gasteiger partial charge in [0.25, 0.3) is 0 Å². The van der Waals surface area contributed by atoms with E-state index in [1.807, 2.05) is 77.1 Å². The van der Waals surface area contributed by atoms with Crippen LogP contribution in [0.2, 0.25) is 0 Å². The number of methoxy groups -OCH3 is 3. The van der Waals surface area contributed by atoms with Crippen molar-refractivity contribution >= 4 is 102 Å². The Bertz CT molecular complexity index is 4510. The Hall–Kier alpha value is -9.98. The monoisotopic (exact) mass is 1230 g/mol. The van der Waals surface area contributed by atoms with Gasteiger partial charge in [-0.15, -0.1) is 0 Å². The van der Waals surface area contributed by atoms with E-state index in [1.165, 1.54) is 21.3 Å². The number of carboxylic acids is 3. The van der Waals surface area contributed by atoms with Crippen molar-refractivity contribution in [2.45, 2.75) is 144 Å². The molecule has 0 saturated heterocycles. The number of nitrogens with one attached hydrogen (secondary N) is 4. The summed E-state index contributed by atoms with van der Waals surface area (Å²) in [6.07, 6.45) is 5.23. The van der Waals surface area contributed by atoms with Crippen molar-refractivity contribution in [1.29, 1.82) is 0 Å². The first-order valence-electron chi connectivity index (χ1n) is 30.4. The summed E-state index contributed by atoms with van der Waals surface area (Å²) >= 11 is 0. The van der Waals surface area contributed by atoms with E-state index >= 15 is 0 Å². The van der Waals surface area contributed by atoms with Gasteiger partial charge in [0.2, 0.25) is 0 Å². The molecule has 0 radical (unpaired) electrons. The van der Waals surface area contributed by atoms with E-state index in [1.54, 1.807) is 19.9 Å². The maximum absolute atomic E-state index is 12.9. The van der Waals surface area contributed by atoms with Gasteiger partial charge in [0.1, 0.15) is 0 Å². The number of nitrogens with zero attached hydrogens (tertiary/aromatic N) is 4. The van der Waals surface area contributed by atoms with Crippen LogP contribution in [0.1, 0.15) is 202 Å². The van der Waals surface area contributed by atoms with Crippen molar-refractivity contribution in [1.82, 2.24) is 39.9 Å². The van der Waals surface area contributed by atoms with Crippen molar-refractivity contribution in [3.63, 3.8) is 0 Å². The molecule has 0 amide bonds. The summed E-state index contributed by atoms with van der Waals surface area (Å²) in [7, 11) is 3.91. The van der Waals surface area contributed by atoms with Crippen LogP contribution in [0.25, 0.3) is 66.4 Å². The highest BCUT2D eigenvalue weighted by Gasteiger charge is 2.36. The molecule has 0 saturated carbocycles. The van der Waals surface area contributed by atoms with Gasteiger partial charge in [0.05, 0.1) is 90.5 Å². The molecule has 0 unspecified atom stereocenters. The summed E-state index contributed by atoms with van der Waals surface area (Å²) in [4.78, 5) is 109. The Morgan fingerprint density at radius 3 is 1.20 bits per heavy atom. The van der Waals surface area contributed by atoms with Crippen LogP contribution >= 0.6 is 0 Å². The first-order chi connectivity index (χ1) is 43.3. The Kier molecular flexibility index (Phi) is 19.1. The maximum atomic E-state index is 12.9. The van der Waals surface area contributed by atoms with Gasteiger partial charge in [-0.2, -0.15) is 0 Å². The van der Waals surface area contributed by atoms with Gasteiger partial charge in [-0.25, -0.2) is 19.6 Å². The quantitative estimate of drug-likeness (QED) is 0.0350. The lowest BCUT2D eigenvalue weighted by Gasteiger charge is -2.17. The minimum Gasteiger partial charge on any atom is -0.481 e. The largest absolute Gasteiger partial charge is 0.481 e. The summed E-state index contributed by atoms with van der Waals surface area (Å²) in [5, 5.41) is 30.5. The van der Waals surface area contributed by atoms with E-state index in [4.69, 9.17) is 34.1 Å². The SMILES string of the molecule is C=CC1=C(C)c2cc3nc(c(CC(=O)OC)c4[nH]c(cc5[nH]c(cc1n2)c(C)c5CC)c(C)c4C(=O)O)[C@@H](CCC(=O)O)[C@@H]3C.C=CC1=C(C)c2cc3nc(c(CC(=O)OC)c4[nH]c(cc5[nH]c(cc1n2)c(C)c5CC)c(C)c4C(=O)O)[C@@H](CCC(=O)OC)[C@@H]3C. The zero-order chi connectivity index (χ0) is 66.2. The second-order valence-corrected chi connectivity index (χ2v) is 23.5. The van der Waals surface area contributed by atoms with Crippen LogP contribution in [-0.4, -0.2) is 112 Å². The fourth-order valence-electron chi connectivity index (χ4n) is 13.3. The molecule has 0 aromatic carbocycles. The molecule has 0 aliphatic carbocycles. The van der Waals surface area contributed by atoms with Gasteiger partial charge in [0, 0.05) is 103 Å². The topological polar surface area (TPSA) is 306 Å². The molecular weight excluding hydrogens is 1160 g/mol. The molecule has 4 atom stereocenters. The molecule has 0 spiro atoms.